The third-order valence-electron chi connectivity index (χ3n) is 3.71. The summed E-state index contributed by atoms with van der Waals surface area (Å²) in [5.41, 5.74) is 2.66. The number of aromatic nitrogens is 1. The average Bonchev–Trinajstić information content (AvgIpc) is 2.65. The molecule has 0 saturated carbocycles. The van der Waals surface area contributed by atoms with Gasteiger partial charge in [0, 0.05) is 23.5 Å². The summed E-state index contributed by atoms with van der Waals surface area (Å²) in [4.78, 5) is 16.7. The Hall–Kier alpha value is -2.92. The summed E-state index contributed by atoms with van der Waals surface area (Å²) in [5.74, 6) is 1.22. The lowest BCUT2D eigenvalue weighted by Gasteiger charge is -2.14. The van der Waals surface area contributed by atoms with Gasteiger partial charge in [0.1, 0.15) is 11.1 Å². The number of aryl methyl sites for hydroxylation is 2. The lowest BCUT2D eigenvalue weighted by atomic mass is 10.1. The van der Waals surface area contributed by atoms with Crippen molar-refractivity contribution in [3.63, 3.8) is 0 Å². The van der Waals surface area contributed by atoms with Gasteiger partial charge in [-0.3, -0.25) is 4.79 Å². The Morgan fingerprint density at radius 3 is 2.30 bits per heavy atom. The minimum atomic E-state index is -0.237. The van der Waals surface area contributed by atoms with E-state index in [1.165, 1.54) is 33.1 Å². The molecule has 0 spiro atoms. The minimum absolute atomic E-state index is 0.112. The van der Waals surface area contributed by atoms with Crippen molar-refractivity contribution in [3.8, 4) is 23.3 Å². The molecule has 0 saturated heterocycles. The van der Waals surface area contributed by atoms with Crippen molar-refractivity contribution in [1.29, 1.82) is 5.26 Å². The number of hydrogen-bond acceptors (Lipinski definition) is 7. The predicted molar refractivity (Wildman–Crippen MR) is 104 cm³/mol. The molecule has 2 aromatic rings. The third-order valence-corrected chi connectivity index (χ3v) is 4.69. The van der Waals surface area contributed by atoms with E-state index in [-0.39, 0.29) is 11.7 Å². The maximum absolute atomic E-state index is 12.4. The van der Waals surface area contributed by atoms with Crippen molar-refractivity contribution >= 4 is 23.4 Å². The second kappa shape index (κ2) is 9.14. The number of nitrogens with zero attached hydrogens (tertiary/aromatic N) is 2. The standard InChI is InChI=1S/C19H21N3O4S/c1-11-6-12(2)21-19(14(11)9-20)27-10-17(23)22-13-7-15(24-3)18(26-5)16(8-13)25-4/h6-8H,10H2,1-5H3,(H,22,23). The first-order valence-corrected chi connectivity index (χ1v) is 9.03. The van der Waals surface area contributed by atoms with Gasteiger partial charge in [-0.1, -0.05) is 11.8 Å². The number of anilines is 1. The first-order valence-electron chi connectivity index (χ1n) is 8.04. The number of rotatable bonds is 7. The van der Waals surface area contributed by atoms with Crippen LogP contribution in [-0.4, -0.2) is 38.0 Å². The predicted octanol–water partition coefficient (Wildman–Crippen LogP) is 3.33. The monoisotopic (exact) mass is 387 g/mol. The summed E-state index contributed by atoms with van der Waals surface area (Å²) >= 11 is 1.22. The van der Waals surface area contributed by atoms with E-state index >= 15 is 0 Å². The molecule has 1 aromatic carbocycles. The second-order valence-electron chi connectivity index (χ2n) is 5.62. The average molecular weight is 387 g/mol. The van der Waals surface area contributed by atoms with Crippen LogP contribution in [-0.2, 0) is 4.79 Å². The minimum Gasteiger partial charge on any atom is -0.493 e. The zero-order chi connectivity index (χ0) is 20.0. The highest BCUT2D eigenvalue weighted by atomic mass is 32.2. The largest absolute Gasteiger partial charge is 0.493 e. The van der Waals surface area contributed by atoms with Crippen LogP contribution in [0.25, 0.3) is 0 Å². The van der Waals surface area contributed by atoms with E-state index < -0.39 is 0 Å². The number of hydrogen-bond donors (Lipinski definition) is 1. The summed E-state index contributed by atoms with van der Waals surface area (Å²) in [6.45, 7) is 3.71. The van der Waals surface area contributed by atoms with Gasteiger partial charge in [0.05, 0.1) is 32.6 Å². The Bertz CT molecular complexity index is 868. The Balaban J connectivity index is 2.14. The normalized spacial score (nSPS) is 10.1. The summed E-state index contributed by atoms with van der Waals surface area (Å²) in [6, 6.07) is 7.30. The molecule has 0 unspecified atom stereocenters. The van der Waals surface area contributed by atoms with E-state index in [9.17, 15) is 10.1 Å². The van der Waals surface area contributed by atoms with Gasteiger partial charge in [-0.2, -0.15) is 5.26 Å². The van der Waals surface area contributed by atoms with E-state index in [1.54, 1.807) is 12.1 Å². The number of carbonyl (C=O) groups excluding carboxylic acids is 1. The molecule has 1 aromatic heterocycles. The van der Waals surface area contributed by atoms with Gasteiger partial charge >= 0.3 is 0 Å². The fourth-order valence-electron chi connectivity index (χ4n) is 2.53. The first-order chi connectivity index (χ1) is 12.9. The number of ether oxygens (including phenoxy) is 3. The van der Waals surface area contributed by atoms with Gasteiger partial charge in [0.25, 0.3) is 0 Å². The molecule has 7 nitrogen and oxygen atoms in total. The van der Waals surface area contributed by atoms with Crippen molar-refractivity contribution in [3.05, 3.63) is 35.0 Å². The number of methoxy groups -OCH3 is 3. The second-order valence-corrected chi connectivity index (χ2v) is 6.59. The molecular formula is C19H21N3O4S. The van der Waals surface area contributed by atoms with Crippen LogP contribution in [0.5, 0.6) is 17.2 Å². The van der Waals surface area contributed by atoms with Crippen molar-refractivity contribution in [2.45, 2.75) is 18.9 Å². The summed E-state index contributed by atoms with van der Waals surface area (Å²) in [7, 11) is 4.53. The van der Waals surface area contributed by atoms with Crippen LogP contribution < -0.4 is 19.5 Å². The maximum Gasteiger partial charge on any atom is 0.234 e. The topological polar surface area (TPSA) is 93.5 Å². The van der Waals surface area contributed by atoms with Crippen LogP contribution in [0.4, 0.5) is 5.69 Å². The van der Waals surface area contributed by atoms with Gasteiger partial charge in [0.2, 0.25) is 11.7 Å². The van der Waals surface area contributed by atoms with Crippen LogP contribution in [0.1, 0.15) is 16.8 Å². The molecule has 0 aliphatic heterocycles. The number of nitrogens with one attached hydrogen (secondary N) is 1. The van der Waals surface area contributed by atoms with Crippen molar-refractivity contribution < 1.29 is 19.0 Å². The van der Waals surface area contributed by atoms with E-state index in [2.05, 4.69) is 16.4 Å². The van der Waals surface area contributed by atoms with Crippen molar-refractivity contribution in [2.75, 3.05) is 32.4 Å². The lowest BCUT2D eigenvalue weighted by Crippen LogP contribution is -2.14. The number of benzene rings is 1. The van der Waals surface area contributed by atoms with E-state index in [4.69, 9.17) is 14.2 Å². The van der Waals surface area contributed by atoms with Gasteiger partial charge in [-0.25, -0.2) is 4.98 Å². The molecule has 2 rings (SSSR count). The maximum atomic E-state index is 12.4. The fourth-order valence-corrected chi connectivity index (χ4v) is 3.43. The highest BCUT2D eigenvalue weighted by molar-refractivity contribution is 8.00. The van der Waals surface area contributed by atoms with Crippen molar-refractivity contribution in [1.82, 2.24) is 4.98 Å². The van der Waals surface area contributed by atoms with Gasteiger partial charge in [-0.05, 0) is 25.5 Å². The molecule has 0 atom stereocenters. The summed E-state index contributed by atoms with van der Waals surface area (Å²) in [6.07, 6.45) is 0. The molecule has 8 heteroatoms. The smallest absolute Gasteiger partial charge is 0.234 e. The zero-order valence-corrected chi connectivity index (χ0v) is 16.7. The van der Waals surface area contributed by atoms with Gasteiger partial charge in [-0.15, -0.1) is 0 Å². The van der Waals surface area contributed by atoms with Crippen LogP contribution in [0.3, 0.4) is 0 Å². The van der Waals surface area contributed by atoms with Crippen molar-refractivity contribution in [2.24, 2.45) is 0 Å². The number of amides is 1. The van der Waals surface area contributed by atoms with E-state index in [0.29, 0.717) is 33.5 Å². The molecule has 0 fully saturated rings. The Morgan fingerprint density at radius 1 is 1.15 bits per heavy atom. The van der Waals surface area contributed by atoms with Crippen LogP contribution in [0.15, 0.2) is 23.2 Å². The first kappa shape index (κ1) is 20.4. The fraction of sp³-hybridized carbons (Fsp3) is 0.316. The summed E-state index contributed by atoms with van der Waals surface area (Å²) < 4.78 is 15.8. The Morgan fingerprint density at radius 2 is 1.78 bits per heavy atom. The molecule has 1 heterocycles. The van der Waals surface area contributed by atoms with Crippen LogP contribution >= 0.6 is 11.8 Å². The van der Waals surface area contributed by atoms with E-state index in [1.807, 2.05) is 19.9 Å². The molecule has 1 amide bonds. The quantitative estimate of drug-likeness (QED) is 0.728. The Kier molecular flexibility index (Phi) is 6.91. The molecule has 0 radical (unpaired) electrons. The van der Waals surface area contributed by atoms with Gasteiger partial charge in [0.15, 0.2) is 11.5 Å². The number of pyridine rings is 1. The molecule has 1 N–H and O–H groups in total. The molecular weight excluding hydrogens is 366 g/mol. The van der Waals surface area contributed by atoms with E-state index in [0.717, 1.165) is 11.3 Å². The SMILES string of the molecule is COc1cc(NC(=O)CSc2nc(C)cc(C)c2C#N)cc(OC)c1OC. The molecule has 27 heavy (non-hydrogen) atoms. The number of thioether (sulfide) groups is 1. The molecule has 142 valence electrons. The number of nitriles is 1. The van der Waals surface area contributed by atoms with Gasteiger partial charge < -0.3 is 19.5 Å². The lowest BCUT2D eigenvalue weighted by molar-refractivity contribution is -0.113. The molecule has 0 aliphatic carbocycles. The molecule has 0 aliphatic rings. The third kappa shape index (κ3) is 4.83. The number of carbonyl (C=O) groups is 1. The van der Waals surface area contributed by atoms with Crippen LogP contribution in [0.2, 0.25) is 0 Å². The highest BCUT2D eigenvalue weighted by Crippen LogP contribution is 2.40. The zero-order valence-electron chi connectivity index (χ0n) is 15.9. The Labute approximate surface area is 162 Å². The highest BCUT2D eigenvalue weighted by Gasteiger charge is 2.16. The summed E-state index contributed by atoms with van der Waals surface area (Å²) in [5, 5.41) is 12.7. The molecule has 0 bridgehead atoms. The van der Waals surface area contributed by atoms with Crippen LogP contribution in [0, 0.1) is 25.2 Å².